The van der Waals surface area contributed by atoms with E-state index in [0.29, 0.717) is 10.7 Å². The molecule has 1 aromatic rings. The number of hydrogen-bond donors (Lipinski definition) is 2. The molecule has 0 unspecified atom stereocenters. The Morgan fingerprint density at radius 1 is 1.53 bits per heavy atom. The Kier molecular flexibility index (Phi) is 6.45. The van der Waals surface area contributed by atoms with Crippen LogP contribution >= 0.6 is 12.2 Å². The van der Waals surface area contributed by atoms with Crippen molar-refractivity contribution in [2.45, 2.75) is 19.8 Å². The van der Waals surface area contributed by atoms with E-state index in [1.165, 1.54) is 12.3 Å². The van der Waals surface area contributed by atoms with Gasteiger partial charge < -0.3 is 5.32 Å². The molecule has 0 radical (unpaired) electrons. The van der Waals surface area contributed by atoms with E-state index >= 15 is 0 Å². The van der Waals surface area contributed by atoms with Gasteiger partial charge in [-0.05, 0) is 24.7 Å². The van der Waals surface area contributed by atoms with Crippen molar-refractivity contribution in [3.8, 4) is 0 Å². The van der Waals surface area contributed by atoms with E-state index in [-0.39, 0.29) is 5.69 Å². The molecule has 6 nitrogen and oxygen atoms in total. The minimum Gasteiger partial charge on any atom is -0.361 e. The summed E-state index contributed by atoms with van der Waals surface area (Å²) in [5.74, 6) is 0. The van der Waals surface area contributed by atoms with Gasteiger partial charge in [-0.15, -0.1) is 0 Å². The summed E-state index contributed by atoms with van der Waals surface area (Å²) >= 11 is 5.00. The third-order valence-corrected chi connectivity index (χ3v) is 2.55. The molecule has 0 spiro atoms. The lowest BCUT2D eigenvalue weighted by molar-refractivity contribution is -0.385. The largest absolute Gasteiger partial charge is 0.361 e. The van der Waals surface area contributed by atoms with Crippen molar-refractivity contribution in [3.05, 3.63) is 39.9 Å². The fraction of sp³-hybridized carbons (Fsp3) is 0.333. The number of unbranched alkanes of at least 4 members (excludes halogenated alkanes) is 1. The van der Waals surface area contributed by atoms with E-state index in [1.54, 1.807) is 18.2 Å². The molecule has 0 atom stereocenters. The maximum atomic E-state index is 10.8. The van der Waals surface area contributed by atoms with E-state index in [4.69, 9.17) is 12.2 Å². The number of nitro groups is 1. The number of hydrogen-bond acceptors (Lipinski definition) is 4. The Morgan fingerprint density at radius 3 is 2.95 bits per heavy atom. The lowest BCUT2D eigenvalue weighted by Gasteiger charge is -2.05. The number of hydrazone groups is 1. The summed E-state index contributed by atoms with van der Waals surface area (Å²) < 4.78 is 0. The lowest BCUT2D eigenvalue weighted by Crippen LogP contribution is -2.32. The highest BCUT2D eigenvalue weighted by molar-refractivity contribution is 7.80. The van der Waals surface area contributed by atoms with Crippen molar-refractivity contribution in [1.82, 2.24) is 10.7 Å². The van der Waals surface area contributed by atoms with Gasteiger partial charge in [-0.2, -0.15) is 5.10 Å². The molecular weight excluding hydrogens is 264 g/mol. The Bertz CT molecular complexity index is 477. The fourth-order valence-electron chi connectivity index (χ4n) is 1.34. The van der Waals surface area contributed by atoms with E-state index in [0.717, 1.165) is 19.4 Å². The first kappa shape index (κ1) is 15.0. The highest BCUT2D eigenvalue weighted by Gasteiger charge is 2.09. The quantitative estimate of drug-likeness (QED) is 0.274. The number of nitro benzene ring substituents is 1. The molecule has 7 heteroatoms. The Morgan fingerprint density at radius 2 is 2.26 bits per heavy atom. The van der Waals surface area contributed by atoms with Gasteiger partial charge in [0.15, 0.2) is 5.11 Å². The average molecular weight is 280 g/mol. The van der Waals surface area contributed by atoms with Crippen molar-refractivity contribution in [3.63, 3.8) is 0 Å². The van der Waals surface area contributed by atoms with Crippen molar-refractivity contribution >= 4 is 29.2 Å². The van der Waals surface area contributed by atoms with Gasteiger partial charge in [0.25, 0.3) is 5.69 Å². The Labute approximate surface area is 117 Å². The van der Waals surface area contributed by atoms with Crippen LogP contribution in [-0.2, 0) is 0 Å². The first-order valence-corrected chi connectivity index (χ1v) is 6.36. The summed E-state index contributed by atoms with van der Waals surface area (Å²) in [7, 11) is 0. The number of thiocarbonyl (C=S) groups is 1. The molecule has 0 aliphatic rings. The van der Waals surface area contributed by atoms with Crippen LogP contribution in [0, 0.1) is 10.1 Å². The molecule has 19 heavy (non-hydrogen) atoms. The summed E-state index contributed by atoms with van der Waals surface area (Å²) in [5.41, 5.74) is 3.06. The molecule has 102 valence electrons. The number of nitrogens with one attached hydrogen (secondary N) is 2. The SMILES string of the molecule is CCCCNC(=S)NN=Cc1ccccc1[N+](=O)[O-]. The molecule has 2 N–H and O–H groups in total. The number of benzene rings is 1. The summed E-state index contributed by atoms with van der Waals surface area (Å²) in [6.45, 7) is 2.87. The van der Waals surface area contributed by atoms with Crippen LogP contribution in [0.15, 0.2) is 29.4 Å². The molecule has 0 aliphatic carbocycles. The predicted octanol–water partition coefficient (Wildman–Crippen LogP) is 2.19. The number of nitrogens with zero attached hydrogens (tertiary/aromatic N) is 2. The van der Waals surface area contributed by atoms with Crippen LogP contribution < -0.4 is 10.7 Å². The van der Waals surface area contributed by atoms with E-state index in [1.807, 2.05) is 0 Å². The van der Waals surface area contributed by atoms with Crippen LogP contribution in [0.25, 0.3) is 0 Å². The molecule has 0 saturated carbocycles. The zero-order valence-corrected chi connectivity index (χ0v) is 11.4. The summed E-state index contributed by atoms with van der Waals surface area (Å²) in [4.78, 5) is 10.3. The van der Waals surface area contributed by atoms with Crippen molar-refractivity contribution < 1.29 is 4.92 Å². The molecule has 0 aromatic heterocycles. The molecule has 0 heterocycles. The van der Waals surface area contributed by atoms with Crippen molar-refractivity contribution in [1.29, 1.82) is 0 Å². The zero-order valence-electron chi connectivity index (χ0n) is 10.6. The molecular formula is C12H16N4O2S. The summed E-state index contributed by atoms with van der Waals surface area (Å²) in [6, 6.07) is 6.38. The highest BCUT2D eigenvalue weighted by Crippen LogP contribution is 2.14. The summed E-state index contributed by atoms with van der Waals surface area (Å²) in [5, 5.41) is 18.0. The Hall–Kier alpha value is -2.02. The topological polar surface area (TPSA) is 79.6 Å². The van der Waals surface area contributed by atoms with Gasteiger partial charge >= 0.3 is 0 Å². The standard InChI is InChI=1S/C12H16N4O2S/c1-2-3-8-13-12(19)15-14-9-10-6-4-5-7-11(10)16(17)18/h4-7,9H,2-3,8H2,1H3,(H2,13,15,19). The zero-order chi connectivity index (χ0) is 14.1. The van der Waals surface area contributed by atoms with E-state index in [9.17, 15) is 10.1 Å². The molecule has 0 aliphatic heterocycles. The van der Waals surface area contributed by atoms with Gasteiger partial charge in [-0.25, -0.2) is 0 Å². The normalized spacial score (nSPS) is 10.4. The van der Waals surface area contributed by atoms with Crippen LogP contribution in [0.3, 0.4) is 0 Å². The minimum absolute atomic E-state index is 0.0120. The first-order chi connectivity index (χ1) is 9.15. The van der Waals surface area contributed by atoms with E-state index in [2.05, 4.69) is 22.8 Å². The number of rotatable bonds is 6. The van der Waals surface area contributed by atoms with Crippen molar-refractivity contribution in [2.75, 3.05) is 6.54 Å². The molecule has 1 rings (SSSR count). The fourth-order valence-corrected chi connectivity index (χ4v) is 1.50. The summed E-state index contributed by atoms with van der Waals surface area (Å²) in [6.07, 6.45) is 3.48. The smallest absolute Gasteiger partial charge is 0.278 e. The second kappa shape index (κ2) is 8.15. The molecule has 0 amide bonds. The van der Waals surface area contributed by atoms with Gasteiger partial charge in [0.05, 0.1) is 16.7 Å². The lowest BCUT2D eigenvalue weighted by atomic mass is 10.2. The van der Waals surface area contributed by atoms with Crippen LogP contribution in [0.1, 0.15) is 25.3 Å². The Balaban J connectivity index is 2.53. The molecule has 0 saturated heterocycles. The minimum atomic E-state index is -0.445. The van der Waals surface area contributed by atoms with Gasteiger partial charge in [0.1, 0.15) is 0 Å². The second-order valence-corrected chi connectivity index (χ2v) is 4.20. The van der Waals surface area contributed by atoms with Gasteiger partial charge in [0, 0.05) is 12.6 Å². The predicted molar refractivity (Wildman–Crippen MR) is 79.3 cm³/mol. The highest BCUT2D eigenvalue weighted by atomic mass is 32.1. The molecule has 1 aromatic carbocycles. The van der Waals surface area contributed by atoms with Crippen LogP contribution in [0.5, 0.6) is 0 Å². The monoisotopic (exact) mass is 280 g/mol. The van der Waals surface area contributed by atoms with Crippen LogP contribution in [0.4, 0.5) is 5.69 Å². The van der Waals surface area contributed by atoms with Crippen LogP contribution in [-0.4, -0.2) is 22.8 Å². The first-order valence-electron chi connectivity index (χ1n) is 5.95. The second-order valence-electron chi connectivity index (χ2n) is 3.80. The average Bonchev–Trinajstić information content (AvgIpc) is 2.39. The van der Waals surface area contributed by atoms with Crippen LogP contribution in [0.2, 0.25) is 0 Å². The third-order valence-electron chi connectivity index (χ3n) is 2.32. The molecule has 0 fully saturated rings. The van der Waals surface area contributed by atoms with E-state index < -0.39 is 4.92 Å². The number of para-hydroxylation sites is 1. The van der Waals surface area contributed by atoms with Gasteiger partial charge in [-0.3, -0.25) is 15.5 Å². The van der Waals surface area contributed by atoms with Crippen molar-refractivity contribution in [2.24, 2.45) is 5.10 Å². The maximum absolute atomic E-state index is 10.8. The third kappa shape index (κ3) is 5.43. The van der Waals surface area contributed by atoms with Gasteiger partial charge in [-0.1, -0.05) is 25.5 Å². The maximum Gasteiger partial charge on any atom is 0.278 e. The molecule has 0 bridgehead atoms. The van der Waals surface area contributed by atoms with Gasteiger partial charge in [0.2, 0.25) is 0 Å².